The predicted molar refractivity (Wildman–Crippen MR) is 105 cm³/mol. The fraction of sp³-hybridized carbons (Fsp3) is 0.526. The molecule has 1 aliphatic heterocycles. The molecule has 0 unspecified atom stereocenters. The Morgan fingerprint density at radius 1 is 1.03 bits per heavy atom. The molecule has 1 fully saturated rings. The molecule has 1 aromatic rings. The zero-order valence-electron chi connectivity index (χ0n) is 16.2. The van der Waals surface area contributed by atoms with Crippen LogP contribution >= 0.6 is 11.3 Å². The lowest BCUT2D eigenvalue weighted by Crippen LogP contribution is -2.37. The van der Waals surface area contributed by atoms with E-state index in [0.717, 1.165) is 41.0 Å². The van der Waals surface area contributed by atoms with Crippen LogP contribution < -0.4 is 10.6 Å². The summed E-state index contributed by atoms with van der Waals surface area (Å²) < 4.78 is 4.78. The van der Waals surface area contributed by atoms with Gasteiger partial charge in [0.25, 0.3) is 5.91 Å². The predicted octanol–water partition coefficient (Wildman–Crippen LogP) is 1.99. The van der Waals surface area contributed by atoms with Crippen LogP contribution in [0.5, 0.6) is 0 Å². The van der Waals surface area contributed by atoms with Gasteiger partial charge in [-0.2, -0.15) is 0 Å². The molecule has 9 nitrogen and oxygen atoms in total. The van der Waals surface area contributed by atoms with Crippen LogP contribution in [0, 0.1) is 0 Å². The minimum absolute atomic E-state index is 0.104. The molecule has 5 amide bonds. The summed E-state index contributed by atoms with van der Waals surface area (Å²) in [6.07, 6.45) is 3.76. The molecule has 1 saturated heterocycles. The molecule has 1 aromatic heterocycles. The number of anilines is 1. The van der Waals surface area contributed by atoms with E-state index in [4.69, 9.17) is 4.74 Å². The molecule has 156 valence electrons. The number of carbonyl (C=O) groups excluding carboxylic acids is 5. The summed E-state index contributed by atoms with van der Waals surface area (Å²) in [5.41, 5.74) is 1.09. The van der Waals surface area contributed by atoms with Crippen molar-refractivity contribution in [2.75, 3.05) is 18.5 Å². The summed E-state index contributed by atoms with van der Waals surface area (Å²) in [6.45, 7) is 1.37. The molecule has 2 heterocycles. The number of nitrogens with zero attached hydrogens (tertiary/aromatic N) is 1. The third-order valence-corrected chi connectivity index (χ3v) is 6.06. The van der Waals surface area contributed by atoms with Gasteiger partial charge in [0.1, 0.15) is 11.5 Å². The zero-order chi connectivity index (χ0) is 21.0. The SMILES string of the molecule is CCOC(=O)NC(=O)c1c(NC(=O)CN2C(=O)CCC2=O)sc2c1CCCCC2. The van der Waals surface area contributed by atoms with Gasteiger partial charge in [-0.3, -0.25) is 29.4 Å². The maximum atomic E-state index is 12.8. The molecule has 0 aromatic carbocycles. The molecular weight excluding hydrogens is 398 g/mol. The Labute approximate surface area is 171 Å². The van der Waals surface area contributed by atoms with E-state index < -0.39 is 17.9 Å². The number of aryl methyl sites for hydroxylation is 1. The van der Waals surface area contributed by atoms with Gasteiger partial charge in [0.15, 0.2) is 0 Å². The Morgan fingerprint density at radius 2 is 1.72 bits per heavy atom. The minimum atomic E-state index is -0.850. The van der Waals surface area contributed by atoms with Crippen molar-refractivity contribution in [3.8, 4) is 0 Å². The average molecular weight is 421 g/mol. The number of alkyl carbamates (subject to hydrolysis) is 1. The quantitative estimate of drug-likeness (QED) is 0.554. The lowest BCUT2D eigenvalue weighted by atomic mass is 10.0. The van der Waals surface area contributed by atoms with Crippen molar-refractivity contribution >= 4 is 46.1 Å². The van der Waals surface area contributed by atoms with Gasteiger partial charge in [0.2, 0.25) is 17.7 Å². The highest BCUT2D eigenvalue weighted by atomic mass is 32.1. The summed E-state index contributed by atoms with van der Waals surface area (Å²) >= 11 is 1.30. The molecular formula is C19H23N3O6S. The van der Waals surface area contributed by atoms with Crippen molar-refractivity contribution < 1.29 is 28.7 Å². The standard InChI is InChI=1S/C19H23N3O6S/c1-2-28-19(27)21-17(26)16-11-6-4-3-5-7-12(11)29-18(16)20-13(23)10-22-14(24)8-9-15(22)25/h2-10H2,1H3,(H,20,23)(H,21,26,27). The summed E-state index contributed by atoms with van der Waals surface area (Å²) in [6, 6.07) is 0. The summed E-state index contributed by atoms with van der Waals surface area (Å²) in [5, 5.41) is 5.18. The second kappa shape index (κ2) is 9.17. The van der Waals surface area contributed by atoms with Crippen LogP contribution in [0.2, 0.25) is 0 Å². The molecule has 29 heavy (non-hydrogen) atoms. The summed E-state index contributed by atoms with van der Waals surface area (Å²) in [4.78, 5) is 62.3. The van der Waals surface area contributed by atoms with Crippen LogP contribution in [0.25, 0.3) is 0 Å². The van der Waals surface area contributed by atoms with Crippen molar-refractivity contribution in [1.82, 2.24) is 10.2 Å². The minimum Gasteiger partial charge on any atom is -0.450 e. The fourth-order valence-electron chi connectivity index (χ4n) is 3.50. The number of hydrogen-bond donors (Lipinski definition) is 2. The van der Waals surface area contributed by atoms with Gasteiger partial charge in [-0.15, -0.1) is 11.3 Å². The van der Waals surface area contributed by atoms with Gasteiger partial charge in [-0.05, 0) is 38.2 Å². The van der Waals surface area contributed by atoms with E-state index in [2.05, 4.69) is 10.6 Å². The molecule has 2 N–H and O–H groups in total. The highest BCUT2D eigenvalue weighted by Crippen LogP contribution is 2.37. The van der Waals surface area contributed by atoms with E-state index in [0.29, 0.717) is 11.4 Å². The van der Waals surface area contributed by atoms with Gasteiger partial charge in [-0.25, -0.2) is 4.79 Å². The average Bonchev–Trinajstić information content (AvgIpc) is 3.05. The third-order valence-electron chi connectivity index (χ3n) is 4.85. The van der Waals surface area contributed by atoms with E-state index in [1.165, 1.54) is 11.3 Å². The number of carbonyl (C=O) groups is 5. The smallest absolute Gasteiger partial charge is 0.414 e. The second-order valence-corrected chi connectivity index (χ2v) is 7.97. The molecule has 0 radical (unpaired) electrons. The Morgan fingerprint density at radius 3 is 2.41 bits per heavy atom. The Balaban J connectivity index is 1.82. The third kappa shape index (κ3) is 4.81. The number of nitrogens with one attached hydrogen (secondary N) is 2. The maximum absolute atomic E-state index is 12.8. The lowest BCUT2D eigenvalue weighted by molar-refractivity contribution is -0.141. The van der Waals surface area contributed by atoms with Gasteiger partial charge < -0.3 is 10.1 Å². The molecule has 10 heteroatoms. The number of thiophene rings is 1. The number of likely N-dealkylation sites (tertiary alicyclic amines) is 1. The van der Waals surface area contributed by atoms with E-state index >= 15 is 0 Å². The molecule has 1 aliphatic carbocycles. The number of rotatable bonds is 5. The summed E-state index contributed by atoms with van der Waals surface area (Å²) in [7, 11) is 0. The van der Waals surface area contributed by atoms with Crippen LogP contribution in [-0.4, -0.2) is 47.8 Å². The van der Waals surface area contributed by atoms with Crippen molar-refractivity contribution in [2.24, 2.45) is 0 Å². The van der Waals surface area contributed by atoms with E-state index in [1.807, 2.05) is 0 Å². The van der Waals surface area contributed by atoms with Crippen LogP contribution in [-0.2, 0) is 32.0 Å². The van der Waals surface area contributed by atoms with Crippen molar-refractivity contribution in [1.29, 1.82) is 0 Å². The first-order chi connectivity index (χ1) is 13.9. The number of imide groups is 2. The molecule has 2 aliphatic rings. The highest BCUT2D eigenvalue weighted by Gasteiger charge is 2.32. The van der Waals surface area contributed by atoms with Gasteiger partial charge in [0.05, 0.1) is 12.2 Å². The van der Waals surface area contributed by atoms with E-state index in [1.54, 1.807) is 6.92 Å². The van der Waals surface area contributed by atoms with Crippen LogP contribution in [0.4, 0.5) is 9.80 Å². The molecule has 0 saturated carbocycles. The first-order valence-corrected chi connectivity index (χ1v) is 10.5. The van der Waals surface area contributed by atoms with E-state index in [-0.39, 0.29) is 43.4 Å². The number of hydrogen-bond acceptors (Lipinski definition) is 7. The molecule has 3 rings (SSSR count). The van der Waals surface area contributed by atoms with Gasteiger partial charge in [-0.1, -0.05) is 6.42 Å². The zero-order valence-corrected chi connectivity index (χ0v) is 17.0. The van der Waals surface area contributed by atoms with Gasteiger partial charge in [0, 0.05) is 17.7 Å². The Kier molecular flexibility index (Phi) is 6.63. The lowest BCUT2D eigenvalue weighted by Gasteiger charge is -2.14. The first-order valence-electron chi connectivity index (χ1n) is 9.66. The topological polar surface area (TPSA) is 122 Å². The van der Waals surface area contributed by atoms with Gasteiger partial charge >= 0.3 is 6.09 Å². The van der Waals surface area contributed by atoms with Crippen molar-refractivity contribution in [2.45, 2.75) is 51.9 Å². The van der Waals surface area contributed by atoms with E-state index in [9.17, 15) is 24.0 Å². The summed E-state index contributed by atoms with van der Waals surface area (Å²) in [5.74, 6) is -1.96. The number of amides is 5. The Hall–Kier alpha value is -2.75. The largest absolute Gasteiger partial charge is 0.450 e. The van der Waals surface area contributed by atoms with Crippen LogP contribution in [0.3, 0.4) is 0 Å². The second-order valence-electron chi connectivity index (χ2n) is 6.86. The van der Waals surface area contributed by atoms with Crippen molar-refractivity contribution in [3.05, 3.63) is 16.0 Å². The fourth-order valence-corrected chi connectivity index (χ4v) is 4.81. The van der Waals surface area contributed by atoms with Crippen molar-refractivity contribution in [3.63, 3.8) is 0 Å². The monoisotopic (exact) mass is 421 g/mol. The normalized spacial score (nSPS) is 16.2. The maximum Gasteiger partial charge on any atom is 0.414 e. The first kappa shape index (κ1) is 21.0. The molecule has 0 atom stereocenters. The number of ether oxygens (including phenoxy) is 1. The van der Waals surface area contributed by atoms with Crippen LogP contribution in [0.1, 0.15) is 59.8 Å². The molecule has 0 spiro atoms. The number of fused-ring (bicyclic) bond motifs is 1. The molecule has 0 bridgehead atoms. The Bertz CT molecular complexity index is 846. The highest BCUT2D eigenvalue weighted by molar-refractivity contribution is 7.17. The van der Waals surface area contributed by atoms with Crippen LogP contribution in [0.15, 0.2) is 0 Å².